The van der Waals surface area contributed by atoms with Crippen LogP contribution in [-0.4, -0.2) is 5.11 Å². The summed E-state index contributed by atoms with van der Waals surface area (Å²) in [5, 5.41) is 9.41. The van der Waals surface area contributed by atoms with Gasteiger partial charge in [0.2, 0.25) is 0 Å². The van der Waals surface area contributed by atoms with Crippen molar-refractivity contribution < 1.29 is 9.84 Å². The molecule has 1 N–H and O–H groups in total. The predicted octanol–water partition coefficient (Wildman–Crippen LogP) is 4.08. The Morgan fingerprint density at radius 1 is 1.11 bits per heavy atom. The van der Waals surface area contributed by atoms with E-state index in [-0.39, 0.29) is 0 Å². The standard InChI is InChI=1S/C15H15BrO2/c1-11(17)12-6-8-14(9-7-12)18-10-13-4-2-3-5-15(13)16/h2-9,11,17H,10H2,1H3. The second-order valence-corrected chi connectivity index (χ2v) is 4.98. The third kappa shape index (κ3) is 3.34. The molecule has 0 amide bonds. The van der Waals surface area contributed by atoms with Crippen LogP contribution in [0.2, 0.25) is 0 Å². The Balaban J connectivity index is 2.00. The number of aliphatic hydroxyl groups is 1. The molecule has 94 valence electrons. The Labute approximate surface area is 115 Å². The van der Waals surface area contributed by atoms with Gasteiger partial charge in [0.1, 0.15) is 12.4 Å². The van der Waals surface area contributed by atoms with Crippen LogP contribution < -0.4 is 4.74 Å². The molecule has 0 aromatic heterocycles. The quantitative estimate of drug-likeness (QED) is 0.922. The zero-order valence-electron chi connectivity index (χ0n) is 10.1. The SMILES string of the molecule is CC(O)c1ccc(OCc2ccccc2Br)cc1. The second kappa shape index (κ2) is 6.03. The fourth-order valence-electron chi connectivity index (χ4n) is 1.62. The molecule has 0 saturated carbocycles. The average molecular weight is 307 g/mol. The van der Waals surface area contributed by atoms with Gasteiger partial charge in [-0.2, -0.15) is 0 Å². The van der Waals surface area contributed by atoms with Crippen molar-refractivity contribution in [1.82, 2.24) is 0 Å². The number of hydrogen-bond donors (Lipinski definition) is 1. The average Bonchev–Trinajstić information content (AvgIpc) is 2.38. The molecule has 0 saturated heterocycles. The Bertz CT molecular complexity index is 506. The molecule has 2 aromatic rings. The van der Waals surface area contributed by atoms with Crippen LogP contribution in [0.5, 0.6) is 5.75 Å². The summed E-state index contributed by atoms with van der Waals surface area (Å²) in [5.74, 6) is 0.801. The number of hydrogen-bond acceptors (Lipinski definition) is 2. The van der Waals surface area contributed by atoms with Gasteiger partial charge in [-0.1, -0.05) is 46.3 Å². The van der Waals surface area contributed by atoms with Crippen LogP contribution in [0.15, 0.2) is 53.0 Å². The summed E-state index contributed by atoms with van der Waals surface area (Å²) in [6, 6.07) is 15.5. The maximum Gasteiger partial charge on any atom is 0.119 e. The second-order valence-electron chi connectivity index (χ2n) is 4.13. The molecule has 18 heavy (non-hydrogen) atoms. The van der Waals surface area contributed by atoms with Crippen molar-refractivity contribution >= 4 is 15.9 Å². The molecule has 0 aliphatic rings. The van der Waals surface area contributed by atoms with E-state index >= 15 is 0 Å². The van der Waals surface area contributed by atoms with E-state index in [0.29, 0.717) is 6.61 Å². The summed E-state index contributed by atoms with van der Waals surface area (Å²) in [7, 11) is 0. The van der Waals surface area contributed by atoms with Gasteiger partial charge in [0.15, 0.2) is 0 Å². The highest BCUT2D eigenvalue weighted by atomic mass is 79.9. The van der Waals surface area contributed by atoms with Gasteiger partial charge in [-0.15, -0.1) is 0 Å². The summed E-state index contributed by atoms with van der Waals surface area (Å²) < 4.78 is 6.74. The van der Waals surface area contributed by atoms with Crippen molar-refractivity contribution in [1.29, 1.82) is 0 Å². The highest BCUT2D eigenvalue weighted by Gasteiger charge is 2.02. The highest BCUT2D eigenvalue weighted by Crippen LogP contribution is 2.21. The van der Waals surface area contributed by atoms with Crippen molar-refractivity contribution in [3.05, 3.63) is 64.1 Å². The molecular weight excluding hydrogens is 292 g/mol. The normalized spacial score (nSPS) is 12.2. The molecule has 0 spiro atoms. The molecule has 0 radical (unpaired) electrons. The first kappa shape index (κ1) is 13.1. The van der Waals surface area contributed by atoms with Gasteiger partial charge >= 0.3 is 0 Å². The Kier molecular flexibility index (Phi) is 4.39. The summed E-state index contributed by atoms with van der Waals surface area (Å²) in [6.45, 7) is 2.27. The molecule has 0 aliphatic carbocycles. The smallest absolute Gasteiger partial charge is 0.119 e. The number of benzene rings is 2. The Morgan fingerprint density at radius 3 is 2.39 bits per heavy atom. The first-order chi connectivity index (χ1) is 8.66. The maximum atomic E-state index is 9.41. The van der Waals surface area contributed by atoms with Crippen molar-refractivity contribution in [3.63, 3.8) is 0 Å². The molecule has 2 aromatic carbocycles. The molecule has 2 nitrogen and oxygen atoms in total. The topological polar surface area (TPSA) is 29.5 Å². The number of halogens is 1. The van der Waals surface area contributed by atoms with Crippen LogP contribution >= 0.6 is 15.9 Å². The van der Waals surface area contributed by atoms with E-state index in [1.165, 1.54) is 0 Å². The minimum Gasteiger partial charge on any atom is -0.489 e. The lowest BCUT2D eigenvalue weighted by atomic mass is 10.1. The fourth-order valence-corrected chi connectivity index (χ4v) is 2.02. The lowest BCUT2D eigenvalue weighted by molar-refractivity contribution is 0.199. The minimum atomic E-state index is -0.442. The summed E-state index contributed by atoms with van der Waals surface area (Å²) in [4.78, 5) is 0. The van der Waals surface area contributed by atoms with Crippen LogP contribution in [0.25, 0.3) is 0 Å². The van der Waals surface area contributed by atoms with E-state index in [2.05, 4.69) is 15.9 Å². The van der Waals surface area contributed by atoms with E-state index in [1.54, 1.807) is 6.92 Å². The van der Waals surface area contributed by atoms with E-state index in [0.717, 1.165) is 21.3 Å². The third-order valence-electron chi connectivity index (χ3n) is 2.71. The van der Waals surface area contributed by atoms with Gasteiger partial charge in [-0.25, -0.2) is 0 Å². The van der Waals surface area contributed by atoms with Crippen molar-refractivity contribution in [3.8, 4) is 5.75 Å². The summed E-state index contributed by atoms with van der Waals surface area (Å²) in [5.41, 5.74) is 2.00. The lowest BCUT2D eigenvalue weighted by Crippen LogP contribution is -1.97. The first-order valence-electron chi connectivity index (χ1n) is 5.81. The van der Waals surface area contributed by atoms with Crippen LogP contribution in [0.4, 0.5) is 0 Å². The predicted molar refractivity (Wildman–Crippen MR) is 75.5 cm³/mol. The lowest BCUT2D eigenvalue weighted by Gasteiger charge is -2.09. The molecule has 0 aliphatic heterocycles. The number of rotatable bonds is 4. The minimum absolute atomic E-state index is 0.442. The van der Waals surface area contributed by atoms with E-state index in [1.807, 2.05) is 48.5 Å². The zero-order valence-corrected chi connectivity index (χ0v) is 11.7. The zero-order chi connectivity index (χ0) is 13.0. The molecular formula is C15H15BrO2. The monoisotopic (exact) mass is 306 g/mol. The van der Waals surface area contributed by atoms with Gasteiger partial charge in [0.25, 0.3) is 0 Å². The van der Waals surface area contributed by atoms with Crippen LogP contribution in [0, 0.1) is 0 Å². The van der Waals surface area contributed by atoms with Crippen LogP contribution in [0.1, 0.15) is 24.2 Å². The Hall–Kier alpha value is -1.32. The van der Waals surface area contributed by atoms with Crippen molar-refractivity contribution in [2.75, 3.05) is 0 Å². The molecule has 1 unspecified atom stereocenters. The van der Waals surface area contributed by atoms with Crippen molar-refractivity contribution in [2.45, 2.75) is 19.6 Å². The molecule has 0 heterocycles. The van der Waals surface area contributed by atoms with Crippen LogP contribution in [-0.2, 0) is 6.61 Å². The Morgan fingerprint density at radius 2 is 1.78 bits per heavy atom. The fraction of sp³-hybridized carbons (Fsp3) is 0.200. The molecule has 1 atom stereocenters. The molecule has 0 bridgehead atoms. The highest BCUT2D eigenvalue weighted by molar-refractivity contribution is 9.10. The molecule has 0 fully saturated rings. The van der Waals surface area contributed by atoms with Crippen molar-refractivity contribution in [2.24, 2.45) is 0 Å². The summed E-state index contributed by atoms with van der Waals surface area (Å²) >= 11 is 3.49. The van der Waals surface area contributed by atoms with Gasteiger partial charge in [0.05, 0.1) is 6.10 Å². The summed E-state index contributed by atoms with van der Waals surface area (Å²) in [6.07, 6.45) is -0.442. The third-order valence-corrected chi connectivity index (χ3v) is 3.49. The van der Waals surface area contributed by atoms with Gasteiger partial charge < -0.3 is 9.84 Å². The largest absolute Gasteiger partial charge is 0.489 e. The maximum absolute atomic E-state index is 9.41. The molecule has 3 heteroatoms. The van der Waals surface area contributed by atoms with E-state index in [9.17, 15) is 5.11 Å². The van der Waals surface area contributed by atoms with Gasteiger partial charge in [0, 0.05) is 10.0 Å². The van der Waals surface area contributed by atoms with Gasteiger partial charge in [-0.3, -0.25) is 0 Å². The molecule has 2 rings (SSSR count). The number of aliphatic hydroxyl groups excluding tert-OH is 1. The first-order valence-corrected chi connectivity index (χ1v) is 6.60. The van der Waals surface area contributed by atoms with Gasteiger partial charge in [-0.05, 0) is 30.7 Å². The number of ether oxygens (including phenoxy) is 1. The van der Waals surface area contributed by atoms with E-state index in [4.69, 9.17) is 4.74 Å². The van der Waals surface area contributed by atoms with E-state index < -0.39 is 6.10 Å². The van der Waals surface area contributed by atoms with Crippen LogP contribution in [0.3, 0.4) is 0 Å².